The summed E-state index contributed by atoms with van der Waals surface area (Å²) in [6.45, 7) is 3.95. The van der Waals surface area contributed by atoms with Crippen LogP contribution in [0.15, 0.2) is 12.1 Å². The number of nitrogen functional groups attached to an aromatic ring is 1. The van der Waals surface area contributed by atoms with E-state index in [1.165, 1.54) is 0 Å². The highest BCUT2D eigenvalue weighted by Gasteiger charge is 2.31. The van der Waals surface area contributed by atoms with Gasteiger partial charge < -0.3 is 20.1 Å². The second-order valence-electron chi connectivity index (χ2n) is 4.95. The van der Waals surface area contributed by atoms with Gasteiger partial charge in [-0.2, -0.15) is 4.98 Å². The molecule has 0 aliphatic carbocycles. The predicted molar refractivity (Wildman–Crippen MR) is 72.1 cm³/mol. The minimum atomic E-state index is -0.103. The molecule has 1 aliphatic heterocycles. The maximum atomic E-state index is 5.78. The number of rotatable bonds is 3. The van der Waals surface area contributed by atoms with Crippen molar-refractivity contribution in [2.75, 3.05) is 37.9 Å². The molecule has 0 saturated carbocycles. The average Bonchev–Trinajstić information content (AvgIpc) is 2.39. The summed E-state index contributed by atoms with van der Waals surface area (Å²) in [7, 11) is 3.35. The fraction of sp³-hybridized carbons (Fsp3) is 0.615. The average molecular weight is 251 g/mol. The first-order valence-electron chi connectivity index (χ1n) is 6.18. The number of hydrogen-bond acceptors (Lipinski definition) is 5. The maximum absolute atomic E-state index is 5.78. The number of nitrogens with zero attached hydrogens (tertiary/aromatic N) is 2. The van der Waals surface area contributed by atoms with Crippen LogP contribution in [0.1, 0.15) is 19.8 Å². The van der Waals surface area contributed by atoms with Crippen LogP contribution in [0.25, 0.3) is 0 Å². The first kappa shape index (κ1) is 13.0. The van der Waals surface area contributed by atoms with Crippen LogP contribution in [-0.4, -0.2) is 37.9 Å². The van der Waals surface area contributed by atoms with E-state index in [2.05, 4.69) is 16.8 Å². The highest BCUT2D eigenvalue weighted by Crippen LogP contribution is 2.29. The fourth-order valence-electron chi connectivity index (χ4n) is 2.35. The van der Waals surface area contributed by atoms with E-state index in [9.17, 15) is 0 Å². The summed E-state index contributed by atoms with van der Waals surface area (Å²) in [5.74, 6) is 1.38. The summed E-state index contributed by atoms with van der Waals surface area (Å²) in [5, 5.41) is 0. The molecular formula is C13H21N3O2. The van der Waals surface area contributed by atoms with Crippen LogP contribution in [0, 0.1) is 0 Å². The smallest absolute Gasteiger partial charge is 0.238 e. The van der Waals surface area contributed by atoms with Crippen molar-refractivity contribution < 1.29 is 9.47 Å². The quantitative estimate of drug-likeness (QED) is 0.885. The van der Waals surface area contributed by atoms with E-state index in [1.54, 1.807) is 14.2 Å². The zero-order valence-electron chi connectivity index (χ0n) is 11.3. The molecule has 0 amide bonds. The van der Waals surface area contributed by atoms with Crippen molar-refractivity contribution in [2.24, 2.45) is 0 Å². The van der Waals surface area contributed by atoms with Crippen molar-refractivity contribution >= 4 is 11.5 Å². The van der Waals surface area contributed by atoms with Crippen molar-refractivity contribution in [1.82, 2.24) is 4.98 Å². The Morgan fingerprint density at radius 1 is 1.39 bits per heavy atom. The van der Waals surface area contributed by atoms with Gasteiger partial charge in [-0.25, -0.2) is 0 Å². The van der Waals surface area contributed by atoms with Gasteiger partial charge in [-0.05, 0) is 31.9 Å². The fourth-order valence-corrected chi connectivity index (χ4v) is 2.35. The molecule has 100 valence electrons. The molecule has 1 saturated heterocycles. The number of piperidine rings is 1. The van der Waals surface area contributed by atoms with Gasteiger partial charge >= 0.3 is 0 Å². The van der Waals surface area contributed by atoms with Gasteiger partial charge in [-0.3, -0.25) is 0 Å². The third-order valence-corrected chi connectivity index (χ3v) is 3.54. The number of ether oxygens (including phenoxy) is 2. The third kappa shape index (κ3) is 2.51. The minimum Gasteiger partial charge on any atom is -0.479 e. The second kappa shape index (κ2) is 5.02. The number of nitrogens with two attached hydrogens (primary N) is 1. The Hall–Kier alpha value is -1.49. The molecule has 2 heterocycles. The van der Waals surface area contributed by atoms with E-state index in [4.69, 9.17) is 15.2 Å². The lowest BCUT2D eigenvalue weighted by Gasteiger charge is -2.40. The van der Waals surface area contributed by atoms with Gasteiger partial charge in [0, 0.05) is 20.2 Å². The van der Waals surface area contributed by atoms with Gasteiger partial charge in [-0.1, -0.05) is 0 Å². The van der Waals surface area contributed by atoms with Crippen LogP contribution in [0.3, 0.4) is 0 Å². The van der Waals surface area contributed by atoms with Crippen LogP contribution in [0.5, 0.6) is 5.88 Å². The van der Waals surface area contributed by atoms with E-state index in [-0.39, 0.29) is 5.60 Å². The summed E-state index contributed by atoms with van der Waals surface area (Å²) in [5.41, 5.74) is 6.24. The molecule has 2 N–H and O–H groups in total. The summed E-state index contributed by atoms with van der Waals surface area (Å²) in [6, 6.07) is 3.76. The Morgan fingerprint density at radius 2 is 2.17 bits per heavy atom. The lowest BCUT2D eigenvalue weighted by Crippen LogP contribution is -2.47. The van der Waals surface area contributed by atoms with Crippen molar-refractivity contribution in [3.05, 3.63) is 12.1 Å². The second-order valence-corrected chi connectivity index (χ2v) is 4.95. The van der Waals surface area contributed by atoms with Gasteiger partial charge in [0.1, 0.15) is 5.82 Å². The van der Waals surface area contributed by atoms with Crippen LogP contribution in [0.4, 0.5) is 11.5 Å². The largest absolute Gasteiger partial charge is 0.479 e. The van der Waals surface area contributed by atoms with E-state index < -0.39 is 0 Å². The Bertz CT molecular complexity index is 425. The lowest BCUT2D eigenvalue weighted by atomic mass is 9.95. The van der Waals surface area contributed by atoms with Crippen molar-refractivity contribution in [3.8, 4) is 5.88 Å². The number of methoxy groups -OCH3 is 2. The standard InChI is InChI=1S/C13H21N3O2/c1-13(18-3)7-4-8-16(9-13)11-6-5-10(14)12(15-11)17-2/h5-6H,4,7-9,14H2,1-3H3. The molecule has 1 aliphatic rings. The van der Waals surface area contributed by atoms with E-state index in [0.29, 0.717) is 11.6 Å². The monoisotopic (exact) mass is 251 g/mol. The normalized spacial score (nSPS) is 24.1. The van der Waals surface area contributed by atoms with Crippen molar-refractivity contribution in [3.63, 3.8) is 0 Å². The Balaban J connectivity index is 2.21. The molecule has 1 aromatic heterocycles. The molecule has 0 aromatic carbocycles. The molecule has 1 unspecified atom stereocenters. The number of aromatic nitrogens is 1. The molecule has 5 heteroatoms. The lowest BCUT2D eigenvalue weighted by molar-refractivity contribution is -0.00483. The van der Waals surface area contributed by atoms with Gasteiger partial charge in [0.2, 0.25) is 5.88 Å². The molecule has 0 radical (unpaired) electrons. The molecule has 18 heavy (non-hydrogen) atoms. The minimum absolute atomic E-state index is 0.103. The first-order chi connectivity index (χ1) is 8.58. The topological polar surface area (TPSA) is 60.6 Å². The van der Waals surface area contributed by atoms with E-state index >= 15 is 0 Å². The molecule has 0 spiro atoms. The van der Waals surface area contributed by atoms with E-state index in [0.717, 1.165) is 31.7 Å². The van der Waals surface area contributed by atoms with Crippen LogP contribution >= 0.6 is 0 Å². The Morgan fingerprint density at radius 3 is 2.83 bits per heavy atom. The Kier molecular flexibility index (Phi) is 3.61. The highest BCUT2D eigenvalue weighted by molar-refractivity contribution is 5.54. The summed E-state index contributed by atoms with van der Waals surface area (Å²) in [4.78, 5) is 6.65. The van der Waals surface area contributed by atoms with Crippen molar-refractivity contribution in [2.45, 2.75) is 25.4 Å². The van der Waals surface area contributed by atoms with Crippen molar-refractivity contribution in [1.29, 1.82) is 0 Å². The number of pyridine rings is 1. The van der Waals surface area contributed by atoms with Crippen LogP contribution < -0.4 is 15.4 Å². The van der Waals surface area contributed by atoms with Gasteiger partial charge in [0.05, 0.1) is 18.4 Å². The van der Waals surface area contributed by atoms with Crippen LogP contribution in [0.2, 0.25) is 0 Å². The van der Waals surface area contributed by atoms with E-state index in [1.807, 2.05) is 12.1 Å². The van der Waals surface area contributed by atoms with Gasteiger partial charge in [0.15, 0.2) is 0 Å². The van der Waals surface area contributed by atoms with Crippen LogP contribution in [-0.2, 0) is 4.74 Å². The highest BCUT2D eigenvalue weighted by atomic mass is 16.5. The SMILES string of the molecule is COc1nc(N2CCCC(C)(OC)C2)ccc1N. The summed E-state index contributed by atoms with van der Waals surface area (Å²) >= 11 is 0. The summed E-state index contributed by atoms with van der Waals surface area (Å²) < 4.78 is 10.7. The van der Waals surface area contributed by atoms with Gasteiger partial charge in [-0.15, -0.1) is 0 Å². The molecule has 1 aromatic rings. The zero-order valence-corrected chi connectivity index (χ0v) is 11.3. The Labute approximate surface area is 108 Å². The molecule has 5 nitrogen and oxygen atoms in total. The summed E-state index contributed by atoms with van der Waals surface area (Å²) in [6.07, 6.45) is 2.17. The van der Waals surface area contributed by atoms with Gasteiger partial charge in [0.25, 0.3) is 0 Å². The maximum Gasteiger partial charge on any atom is 0.238 e. The molecule has 2 rings (SSSR count). The third-order valence-electron chi connectivity index (χ3n) is 3.54. The number of anilines is 2. The zero-order chi connectivity index (χ0) is 13.2. The molecular weight excluding hydrogens is 230 g/mol. The molecule has 1 fully saturated rings. The molecule has 1 atom stereocenters. The number of hydrogen-bond donors (Lipinski definition) is 1. The predicted octanol–water partition coefficient (Wildman–Crippen LogP) is 1.68. The molecule has 0 bridgehead atoms. The first-order valence-corrected chi connectivity index (χ1v) is 6.18.